The minimum absolute atomic E-state index is 0.176. The van der Waals surface area contributed by atoms with E-state index in [1.54, 1.807) is 35.6 Å². The molecule has 1 amide bonds. The van der Waals surface area contributed by atoms with Crippen LogP contribution in [0.3, 0.4) is 0 Å². The van der Waals surface area contributed by atoms with Gasteiger partial charge in [-0.1, -0.05) is 17.3 Å². The lowest BCUT2D eigenvalue weighted by Crippen LogP contribution is -2.28. The van der Waals surface area contributed by atoms with Gasteiger partial charge in [-0.2, -0.15) is 0 Å². The fraction of sp³-hybridized carbons (Fsp3) is 0.222. The average Bonchev–Trinajstić information content (AvgIpc) is 3.02. The molecule has 2 N–H and O–H groups in total. The molecular formula is C18H17N3O4S2. The minimum Gasteiger partial charge on any atom is -0.355 e. The van der Waals surface area contributed by atoms with Crippen molar-refractivity contribution in [2.75, 3.05) is 16.3 Å². The predicted molar refractivity (Wildman–Crippen MR) is 104 cm³/mol. The van der Waals surface area contributed by atoms with E-state index in [1.807, 2.05) is 23.6 Å². The fourth-order valence-corrected chi connectivity index (χ4v) is 4.11. The van der Waals surface area contributed by atoms with Crippen LogP contribution in [-0.2, 0) is 20.2 Å². The molecule has 9 heteroatoms. The number of carbonyl (C=O) groups is 1. The molecule has 2 aromatic heterocycles. The number of aromatic nitrogens is 1. The van der Waals surface area contributed by atoms with Crippen LogP contribution >= 0.6 is 11.3 Å². The van der Waals surface area contributed by atoms with E-state index in [0.29, 0.717) is 35.7 Å². The summed E-state index contributed by atoms with van der Waals surface area (Å²) in [6.45, 7) is 0. The normalized spacial score (nSPS) is 15.3. The molecule has 0 spiro atoms. The fourth-order valence-electron chi connectivity index (χ4n) is 2.89. The topological polar surface area (TPSA) is 101 Å². The van der Waals surface area contributed by atoms with Gasteiger partial charge in [-0.25, -0.2) is 8.42 Å². The molecule has 0 bridgehead atoms. The Balaban J connectivity index is 1.52. The Labute approximate surface area is 160 Å². The van der Waals surface area contributed by atoms with Gasteiger partial charge in [0, 0.05) is 11.8 Å². The van der Waals surface area contributed by atoms with Crippen molar-refractivity contribution >= 4 is 38.6 Å². The summed E-state index contributed by atoms with van der Waals surface area (Å²) >= 11 is 1.55. The zero-order valence-corrected chi connectivity index (χ0v) is 16.1. The Bertz CT molecular complexity index is 1080. The molecule has 140 valence electrons. The van der Waals surface area contributed by atoms with Crippen LogP contribution < -0.4 is 10.0 Å². The van der Waals surface area contributed by atoms with E-state index in [1.165, 1.54) is 0 Å². The molecule has 3 aromatic rings. The van der Waals surface area contributed by atoms with Gasteiger partial charge < -0.3 is 9.84 Å². The molecule has 1 aliphatic carbocycles. The quantitative estimate of drug-likeness (QED) is 0.656. The van der Waals surface area contributed by atoms with Crippen LogP contribution in [0.5, 0.6) is 0 Å². The first-order valence-corrected chi connectivity index (χ1v) is 11.0. The number of anilines is 2. The Morgan fingerprint density at radius 1 is 1.19 bits per heavy atom. The highest BCUT2D eigenvalue weighted by molar-refractivity contribution is 7.92. The van der Waals surface area contributed by atoms with Crippen molar-refractivity contribution in [3.63, 3.8) is 0 Å². The maximum atomic E-state index is 12.9. The zero-order chi connectivity index (χ0) is 19.1. The van der Waals surface area contributed by atoms with Crippen molar-refractivity contribution in [2.24, 2.45) is 0 Å². The summed E-state index contributed by atoms with van der Waals surface area (Å²) in [5.41, 5.74) is 0.830. The number of nitrogens with zero attached hydrogens (tertiary/aromatic N) is 1. The van der Waals surface area contributed by atoms with Gasteiger partial charge in [-0.3, -0.25) is 9.52 Å². The standard InChI is InChI=1S/C18H17N3O4S2/c1-27(23,24)21-13-5-2-4-12(10-13)19-17(22)18(7-8-18)16-11-14(25-20-16)15-6-3-9-26-15/h2-6,9-11,21H,7-8H2,1H3,(H,19,22). The van der Waals surface area contributed by atoms with E-state index in [4.69, 9.17) is 4.52 Å². The maximum absolute atomic E-state index is 12.9. The molecule has 0 saturated heterocycles. The molecule has 0 atom stereocenters. The first-order valence-electron chi connectivity index (χ1n) is 8.26. The number of hydrogen-bond acceptors (Lipinski definition) is 6. The number of rotatable bonds is 6. The Morgan fingerprint density at radius 3 is 2.63 bits per heavy atom. The number of benzene rings is 1. The second-order valence-electron chi connectivity index (χ2n) is 6.54. The van der Waals surface area contributed by atoms with E-state index in [-0.39, 0.29) is 5.91 Å². The van der Waals surface area contributed by atoms with Gasteiger partial charge >= 0.3 is 0 Å². The third-order valence-electron chi connectivity index (χ3n) is 4.37. The number of nitrogens with one attached hydrogen (secondary N) is 2. The lowest BCUT2D eigenvalue weighted by atomic mass is 10.0. The van der Waals surface area contributed by atoms with E-state index >= 15 is 0 Å². The monoisotopic (exact) mass is 403 g/mol. The SMILES string of the molecule is CS(=O)(=O)Nc1cccc(NC(=O)C2(c3cc(-c4cccs4)on3)CC2)c1. The molecule has 0 radical (unpaired) electrons. The Kier molecular flexibility index (Phi) is 4.27. The summed E-state index contributed by atoms with van der Waals surface area (Å²) in [5.74, 6) is 0.475. The van der Waals surface area contributed by atoms with Gasteiger partial charge in [0.2, 0.25) is 15.9 Å². The van der Waals surface area contributed by atoms with E-state index in [9.17, 15) is 13.2 Å². The number of carbonyl (C=O) groups excluding carboxylic acids is 1. The van der Waals surface area contributed by atoms with Gasteiger partial charge in [-0.05, 0) is 42.5 Å². The highest BCUT2D eigenvalue weighted by atomic mass is 32.2. The molecule has 2 heterocycles. The summed E-state index contributed by atoms with van der Waals surface area (Å²) in [5, 5.41) is 8.93. The zero-order valence-electron chi connectivity index (χ0n) is 14.4. The lowest BCUT2D eigenvalue weighted by Gasteiger charge is -2.13. The first kappa shape index (κ1) is 17.7. The molecular weight excluding hydrogens is 386 g/mol. The summed E-state index contributed by atoms with van der Waals surface area (Å²) in [7, 11) is -3.38. The van der Waals surface area contributed by atoms with Crippen molar-refractivity contribution in [1.29, 1.82) is 0 Å². The minimum atomic E-state index is -3.38. The van der Waals surface area contributed by atoms with E-state index in [2.05, 4.69) is 15.2 Å². The first-order chi connectivity index (χ1) is 12.9. The van der Waals surface area contributed by atoms with Gasteiger partial charge in [0.25, 0.3) is 0 Å². The molecule has 4 rings (SSSR count). The molecule has 1 fully saturated rings. The second kappa shape index (κ2) is 6.50. The number of sulfonamides is 1. The van der Waals surface area contributed by atoms with Crippen molar-refractivity contribution in [3.05, 3.63) is 53.5 Å². The van der Waals surface area contributed by atoms with Crippen molar-refractivity contribution in [1.82, 2.24) is 5.16 Å². The summed E-state index contributed by atoms with van der Waals surface area (Å²) in [4.78, 5) is 13.8. The van der Waals surface area contributed by atoms with Gasteiger partial charge in [-0.15, -0.1) is 11.3 Å². The summed E-state index contributed by atoms with van der Waals surface area (Å²) in [6, 6.07) is 12.3. The molecule has 1 aliphatic rings. The lowest BCUT2D eigenvalue weighted by molar-refractivity contribution is -0.118. The van der Waals surface area contributed by atoms with Crippen LogP contribution in [0.25, 0.3) is 10.6 Å². The Hall–Kier alpha value is -2.65. The maximum Gasteiger partial charge on any atom is 0.236 e. The van der Waals surface area contributed by atoms with Crippen molar-refractivity contribution in [2.45, 2.75) is 18.3 Å². The van der Waals surface area contributed by atoms with E-state index in [0.717, 1.165) is 11.1 Å². The number of hydrogen-bond donors (Lipinski definition) is 2. The second-order valence-corrected chi connectivity index (χ2v) is 9.24. The largest absolute Gasteiger partial charge is 0.355 e. The van der Waals surface area contributed by atoms with Crippen LogP contribution in [0.1, 0.15) is 18.5 Å². The highest BCUT2D eigenvalue weighted by Gasteiger charge is 2.53. The Morgan fingerprint density at radius 2 is 1.96 bits per heavy atom. The molecule has 0 aliphatic heterocycles. The van der Waals surface area contributed by atoms with Crippen molar-refractivity contribution in [3.8, 4) is 10.6 Å². The molecule has 1 aromatic carbocycles. The molecule has 0 unspecified atom stereocenters. The van der Waals surface area contributed by atoms with Crippen LogP contribution in [0.15, 0.2) is 52.4 Å². The average molecular weight is 403 g/mol. The molecule has 27 heavy (non-hydrogen) atoms. The van der Waals surface area contributed by atoms with Crippen LogP contribution in [-0.4, -0.2) is 25.7 Å². The highest BCUT2D eigenvalue weighted by Crippen LogP contribution is 2.49. The van der Waals surface area contributed by atoms with Crippen molar-refractivity contribution < 1.29 is 17.7 Å². The van der Waals surface area contributed by atoms with Crippen LogP contribution in [0.2, 0.25) is 0 Å². The van der Waals surface area contributed by atoms with Crippen LogP contribution in [0.4, 0.5) is 11.4 Å². The van der Waals surface area contributed by atoms with Gasteiger partial charge in [0.05, 0.1) is 27.9 Å². The third kappa shape index (κ3) is 3.74. The summed E-state index contributed by atoms with van der Waals surface area (Å²) in [6.07, 6.45) is 2.46. The van der Waals surface area contributed by atoms with Gasteiger partial charge in [0.1, 0.15) is 0 Å². The summed E-state index contributed by atoms with van der Waals surface area (Å²) < 4.78 is 30.6. The number of amides is 1. The predicted octanol–water partition coefficient (Wildman–Crippen LogP) is 3.44. The third-order valence-corrected chi connectivity index (χ3v) is 5.86. The molecule has 1 saturated carbocycles. The molecule has 7 nitrogen and oxygen atoms in total. The smallest absolute Gasteiger partial charge is 0.236 e. The van der Waals surface area contributed by atoms with Gasteiger partial charge in [0.15, 0.2) is 5.76 Å². The van der Waals surface area contributed by atoms with Crippen LogP contribution in [0, 0.1) is 0 Å². The number of thiophene rings is 1. The van der Waals surface area contributed by atoms with E-state index < -0.39 is 15.4 Å².